The van der Waals surface area contributed by atoms with Gasteiger partial charge in [0.15, 0.2) is 0 Å². The number of rotatable bonds is 4. The molecule has 0 bridgehead atoms. The highest BCUT2D eigenvalue weighted by Crippen LogP contribution is 2.42. The molecule has 2 heterocycles. The molecule has 1 atom stereocenters. The second-order valence-corrected chi connectivity index (χ2v) is 9.67. The van der Waals surface area contributed by atoms with Crippen LogP contribution in [-0.2, 0) is 12.6 Å². The van der Waals surface area contributed by atoms with Gasteiger partial charge in [-0.3, -0.25) is 9.20 Å². The molecule has 35 heavy (non-hydrogen) atoms. The van der Waals surface area contributed by atoms with E-state index in [1.165, 1.54) is 6.07 Å². The number of alkyl halides is 3. The van der Waals surface area contributed by atoms with Gasteiger partial charge in [0.05, 0.1) is 35.2 Å². The fourth-order valence-electron chi connectivity index (χ4n) is 5.24. The van der Waals surface area contributed by atoms with Gasteiger partial charge in [0, 0.05) is 12.1 Å². The number of hydrogen-bond acceptors (Lipinski definition) is 4. The quantitative estimate of drug-likeness (QED) is 0.429. The minimum atomic E-state index is -4.38. The molecule has 2 aliphatic rings. The molecular weight excluding hydrogens is 455 g/mol. The zero-order valence-corrected chi connectivity index (χ0v) is 19.1. The topological polar surface area (TPSA) is 76.5 Å². The molecular formula is C26H24F3N5O. The summed E-state index contributed by atoms with van der Waals surface area (Å²) in [5.41, 5.74) is 10.3. The number of amides is 1. The summed E-state index contributed by atoms with van der Waals surface area (Å²) < 4.78 is 41.6. The lowest BCUT2D eigenvalue weighted by Crippen LogP contribution is -2.36. The van der Waals surface area contributed by atoms with Gasteiger partial charge in [-0.25, -0.2) is 9.97 Å². The van der Waals surface area contributed by atoms with Crippen LogP contribution in [0.3, 0.4) is 0 Å². The first-order valence-electron chi connectivity index (χ1n) is 11.7. The number of hydrogen-bond donors (Lipinski definition) is 1. The minimum absolute atomic E-state index is 0.112. The van der Waals surface area contributed by atoms with Crippen molar-refractivity contribution < 1.29 is 18.0 Å². The van der Waals surface area contributed by atoms with Crippen molar-refractivity contribution in [2.45, 2.75) is 44.8 Å². The van der Waals surface area contributed by atoms with Crippen LogP contribution < -0.4 is 5.73 Å². The molecule has 6 rings (SSSR count). The largest absolute Gasteiger partial charge is 0.416 e. The van der Waals surface area contributed by atoms with Crippen molar-refractivity contribution >= 4 is 28.3 Å². The first-order valence-corrected chi connectivity index (χ1v) is 11.7. The van der Waals surface area contributed by atoms with Crippen LogP contribution in [0, 0.1) is 12.8 Å². The smallest absolute Gasteiger partial charge is 0.382 e. The Hall–Kier alpha value is -3.62. The second-order valence-electron chi connectivity index (χ2n) is 9.67. The summed E-state index contributed by atoms with van der Waals surface area (Å²) in [7, 11) is 0. The molecule has 0 spiro atoms. The van der Waals surface area contributed by atoms with Gasteiger partial charge >= 0.3 is 6.18 Å². The Bertz CT molecular complexity index is 1490. The van der Waals surface area contributed by atoms with Crippen LogP contribution in [0.2, 0.25) is 0 Å². The van der Waals surface area contributed by atoms with Crippen LogP contribution >= 0.6 is 0 Å². The predicted octanol–water partition coefficient (Wildman–Crippen LogP) is 5.33. The summed E-state index contributed by atoms with van der Waals surface area (Å²) in [5.74, 6) is 0.684. The highest BCUT2D eigenvalue weighted by atomic mass is 19.4. The fourth-order valence-corrected chi connectivity index (χ4v) is 5.24. The van der Waals surface area contributed by atoms with Crippen molar-refractivity contribution in [1.29, 1.82) is 0 Å². The average molecular weight is 480 g/mol. The van der Waals surface area contributed by atoms with E-state index in [9.17, 15) is 18.0 Å². The Balaban J connectivity index is 1.42. The SMILES string of the molecule is Cc1cc2nc(N)c3cncn3c2cc1C(=O)N(CC1CC1)C1CCc2cc(C(F)(F)F)ccc21. The molecule has 2 aromatic heterocycles. The molecule has 1 fully saturated rings. The second kappa shape index (κ2) is 7.69. The first-order chi connectivity index (χ1) is 16.7. The van der Waals surface area contributed by atoms with Gasteiger partial charge in [-0.05, 0) is 79.5 Å². The van der Waals surface area contributed by atoms with E-state index in [0.29, 0.717) is 53.3 Å². The number of imidazole rings is 1. The van der Waals surface area contributed by atoms with Gasteiger partial charge in [-0.15, -0.1) is 0 Å². The number of nitrogen functional groups attached to an aromatic ring is 1. The molecule has 180 valence electrons. The van der Waals surface area contributed by atoms with Crippen LogP contribution in [0.25, 0.3) is 16.6 Å². The lowest BCUT2D eigenvalue weighted by Gasteiger charge is -2.31. The number of nitrogens with two attached hydrogens (primary N) is 1. The van der Waals surface area contributed by atoms with Crippen LogP contribution in [0.4, 0.5) is 19.0 Å². The van der Waals surface area contributed by atoms with Gasteiger partial charge in [0.25, 0.3) is 5.91 Å². The molecule has 0 aliphatic heterocycles. The van der Waals surface area contributed by atoms with E-state index < -0.39 is 11.7 Å². The number of carbonyl (C=O) groups is 1. The van der Waals surface area contributed by atoms with Crippen molar-refractivity contribution in [3.63, 3.8) is 0 Å². The van der Waals surface area contributed by atoms with E-state index in [0.717, 1.165) is 35.6 Å². The summed E-state index contributed by atoms with van der Waals surface area (Å²) >= 11 is 0. The summed E-state index contributed by atoms with van der Waals surface area (Å²) in [4.78, 5) is 24.5. The lowest BCUT2D eigenvalue weighted by molar-refractivity contribution is -0.137. The zero-order chi connectivity index (χ0) is 24.5. The Morgan fingerprint density at radius 1 is 1.17 bits per heavy atom. The molecule has 1 saturated carbocycles. The summed E-state index contributed by atoms with van der Waals surface area (Å²) in [6, 6.07) is 7.36. The van der Waals surface area contributed by atoms with E-state index in [4.69, 9.17) is 5.73 Å². The van der Waals surface area contributed by atoms with E-state index in [2.05, 4.69) is 9.97 Å². The maximum Gasteiger partial charge on any atom is 0.416 e. The van der Waals surface area contributed by atoms with Crippen LogP contribution in [0.5, 0.6) is 0 Å². The van der Waals surface area contributed by atoms with Crippen LogP contribution in [-0.4, -0.2) is 31.7 Å². The van der Waals surface area contributed by atoms with E-state index in [-0.39, 0.29) is 11.9 Å². The lowest BCUT2D eigenvalue weighted by atomic mass is 10.0. The van der Waals surface area contributed by atoms with Crippen molar-refractivity contribution in [2.75, 3.05) is 12.3 Å². The number of nitrogens with zero attached hydrogens (tertiary/aromatic N) is 4. The van der Waals surface area contributed by atoms with Crippen molar-refractivity contribution in [2.24, 2.45) is 5.92 Å². The number of halogens is 3. The highest BCUT2D eigenvalue weighted by molar-refractivity contribution is 6.00. The summed E-state index contributed by atoms with van der Waals surface area (Å²) in [5, 5.41) is 0. The van der Waals surface area contributed by atoms with Crippen molar-refractivity contribution in [3.05, 3.63) is 70.7 Å². The Morgan fingerprint density at radius 3 is 2.71 bits per heavy atom. The predicted molar refractivity (Wildman–Crippen MR) is 126 cm³/mol. The van der Waals surface area contributed by atoms with Gasteiger partial charge < -0.3 is 10.6 Å². The average Bonchev–Trinajstić information content (AvgIpc) is 3.32. The molecule has 0 radical (unpaired) electrons. The van der Waals surface area contributed by atoms with Crippen molar-refractivity contribution in [1.82, 2.24) is 19.3 Å². The summed E-state index contributed by atoms with van der Waals surface area (Å²) in [6.07, 6.45) is 2.16. The first kappa shape index (κ1) is 21.9. The number of anilines is 1. The molecule has 2 aliphatic carbocycles. The Labute approximate surface area is 199 Å². The van der Waals surface area contributed by atoms with E-state index in [1.807, 2.05) is 28.4 Å². The van der Waals surface area contributed by atoms with Gasteiger partial charge in [-0.2, -0.15) is 13.2 Å². The van der Waals surface area contributed by atoms with E-state index in [1.54, 1.807) is 18.6 Å². The minimum Gasteiger partial charge on any atom is -0.382 e. The standard InChI is InChI=1S/C26H24F3N5O/c1-14-8-20-22(34-13-31-11-23(34)24(30)32-20)10-19(14)25(35)33(12-15-2-3-15)21-7-4-16-9-17(26(27,28)29)5-6-18(16)21/h5-6,8-11,13,15,21H,2-4,7,12H2,1H3,(H2,30,32). The van der Waals surface area contributed by atoms with E-state index >= 15 is 0 Å². The molecule has 6 nitrogen and oxygen atoms in total. The molecule has 1 amide bonds. The Morgan fingerprint density at radius 2 is 1.97 bits per heavy atom. The van der Waals surface area contributed by atoms with Gasteiger partial charge in [0.1, 0.15) is 11.3 Å². The number of carbonyl (C=O) groups excluding carboxylic acids is 1. The summed E-state index contributed by atoms with van der Waals surface area (Å²) in [6.45, 7) is 2.47. The number of fused-ring (bicyclic) bond motifs is 4. The van der Waals surface area contributed by atoms with Gasteiger partial charge in [0.2, 0.25) is 0 Å². The maximum atomic E-state index is 14.0. The highest BCUT2D eigenvalue weighted by Gasteiger charge is 2.38. The zero-order valence-electron chi connectivity index (χ0n) is 19.1. The monoisotopic (exact) mass is 479 g/mol. The number of benzene rings is 2. The molecule has 9 heteroatoms. The third-order valence-corrected chi connectivity index (χ3v) is 7.26. The fraction of sp³-hybridized carbons (Fsp3) is 0.346. The molecule has 2 N–H and O–H groups in total. The molecule has 4 aromatic rings. The third kappa shape index (κ3) is 3.69. The van der Waals surface area contributed by atoms with Crippen molar-refractivity contribution in [3.8, 4) is 0 Å². The van der Waals surface area contributed by atoms with Crippen LogP contribution in [0.1, 0.15) is 57.9 Å². The molecule has 0 saturated heterocycles. The molecule has 2 aromatic carbocycles. The van der Waals surface area contributed by atoms with Gasteiger partial charge in [-0.1, -0.05) is 6.07 Å². The van der Waals surface area contributed by atoms with Crippen LogP contribution in [0.15, 0.2) is 42.9 Å². The maximum absolute atomic E-state index is 14.0. The normalized spacial score (nSPS) is 17.8. The number of aryl methyl sites for hydroxylation is 2. The Kier molecular flexibility index (Phi) is 4.81. The number of aromatic nitrogens is 3. The third-order valence-electron chi connectivity index (χ3n) is 7.26. The molecule has 1 unspecified atom stereocenters.